The highest BCUT2D eigenvalue weighted by molar-refractivity contribution is 5.76. The number of nitrogens with one attached hydrogen (secondary N) is 2. The molecule has 29 heavy (non-hydrogen) atoms. The molecule has 154 valence electrons. The lowest BCUT2D eigenvalue weighted by Gasteiger charge is -2.27. The maximum atomic E-state index is 12.0. The molecule has 4 N–H and O–H groups in total. The van der Waals surface area contributed by atoms with Crippen LogP contribution in [-0.4, -0.2) is 49.1 Å². The summed E-state index contributed by atoms with van der Waals surface area (Å²) in [6, 6.07) is 20.6. The summed E-state index contributed by atoms with van der Waals surface area (Å²) >= 11 is 0. The largest absolute Gasteiger partial charge is 0.355 e. The summed E-state index contributed by atoms with van der Waals surface area (Å²) < 4.78 is 0. The van der Waals surface area contributed by atoms with Crippen LogP contribution in [0.2, 0.25) is 0 Å². The molecule has 1 atom stereocenters. The van der Waals surface area contributed by atoms with Gasteiger partial charge in [-0.3, -0.25) is 4.79 Å². The van der Waals surface area contributed by atoms with Crippen LogP contribution in [0, 0.1) is 0 Å². The Hall–Kier alpha value is -2.86. The van der Waals surface area contributed by atoms with Crippen LogP contribution in [0.3, 0.4) is 0 Å². The second-order valence-corrected chi connectivity index (χ2v) is 7.48. The van der Waals surface area contributed by atoms with E-state index in [0.29, 0.717) is 32.6 Å². The molecule has 1 unspecified atom stereocenters. The minimum absolute atomic E-state index is 0.106. The zero-order chi connectivity index (χ0) is 20.5. The summed E-state index contributed by atoms with van der Waals surface area (Å²) in [4.78, 5) is 24.9. The van der Waals surface area contributed by atoms with Gasteiger partial charge in [0.05, 0.1) is 0 Å². The fourth-order valence-electron chi connectivity index (χ4n) is 3.82. The molecule has 6 nitrogen and oxygen atoms in total. The third-order valence-corrected chi connectivity index (χ3v) is 5.48. The highest BCUT2D eigenvalue weighted by Crippen LogP contribution is 2.28. The van der Waals surface area contributed by atoms with Gasteiger partial charge < -0.3 is 21.3 Å². The van der Waals surface area contributed by atoms with Crippen molar-refractivity contribution in [2.75, 3.05) is 26.2 Å². The fourth-order valence-corrected chi connectivity index (χ4v) is 3.82. The number of carbonyl (C=O) groups is 2. The van der Waals surface area contributed by atoms with E-state index in [1.54, 1.807) is 4.90 Å². The summed E-state index contributed by atoms with van der Waals surface area (Å²) in [6.07, 6.45) is 2.18. The molecule has 0 bridgehead atoms. The van der Waals surface area contributed by atoms with Crippen molar-refractivity contribution < 1.29 is 9.59 Å². The third-order valence-electron chi connectivity index (χ3n) is 5.48. The van der Waals surface area contributed by atoms with Crippen LogP contribution in [0.1, 0.15) is 36.3 Å². The van der Waals surface area contributed by atoms with Gasteiger partial charge in [0.2, 0.25) is 5.91 Å². The first kappa shape index (κ1) is 20.9. The average molecular weight is 395 g/mol. The SMILES string of the molecule is NC(=O)N(CCNC1CCC(=O)NC1)CCC(c1ccccc1)c1ccccc1. The zero-order valence-electron chi connectivity index (χ0n) is 16.7. The smallest absolute Gasteiger partial charge is 0.314 e. The van der Waals surface area contributed by atoms with Crippen LogP contribution in [0.15, 0.2) is 60.7 Å². The Balaban J connectivity index is 1.57. The molecule has 1 aliphatic rings. The first-order chi connectivity index (χ1) is 14.1. The molecule has 1 aliphatic heterocycles. The molecule has 0 saturated carbocycles. The molecule has 3 rings (SSSR count). The maximum absolute atomic E-state index is 12.0. The van der Waals surface area contributed by atoms with E-state index in [4.69, 9.17) is 5.73 Å². The number of amides is 3. The lowest BCUT2D eigenvalue weighted by molar-refractivity contribution is -0.122. The van der Waals surface area contributed by atoms with Gasteiger partial charge in [-0.25, -0.2) is 4.79 Å². The molecule has 3 amide bonds. The van der Waals surface area contributed by atoms with E-state index in [0.717, 1.165) is 12.8 Å². The van der Waals surface area contributed by atoms with Gasteiger partial charge in [-0.05, 0) is 24.0 Å². The van der Waals surface area contributed by atoms with Crippen molar-refractivity contribution in [3.8, 4) is 0 Å². The molecule has 0 aromatic heterocycles. The lowest BCUT2D eigenvalue weighted by Crippen LogP contribution is -2.48. The van der Waals surface area contributed by atoms with Gasteiger partial charge in [-0.2, -0.15) is 0 Å². The van der Waals surface area contributed by atoms with Gasteiger partial charge in [0, 0.05) is 44.6 Å². The molecule has 0 spiro atoms. The fraction of sp³-hybridized carbons (Fsp3) is 0.391. The number of hydrogen-bond acceptors (Lipinski definition) is 3. The molecule has 6 heteroatoms. The van der Waals surface area contributed by atoms with Crippen molar-refractivity contribution in [2.45, 2.75) is 31.2 Å². The molecule has 0 radical (unpaired) electrons. The number of rotatable bonds is 9. The topological polar surface area (TPSA) is 87.5 Å². The van der Waals surface area contributed by atoms with E-state index in [1.165, 1.54) is 11.1 Å². The summed E-state index contributed by atoms with van der Waals surface area (Å²) in [5.74, 6) is 0.315. The third kappa shape index (κ3) is 6.32. The van der Waals surface area contributed by atoms with Crippen molar-refractivity contribution in [3.63, 3.8) is 0 Å². The predicted molar refractivity (Wildman–Crippen MR) is 115 cm³/mol. The molecule has 1 heterocycles. The summed E-state index contributed by atoms with van der Waals surface area (Å²) in [6.45, 7) is 2.44. The number of hydrogen-bond donors (Lipinski definition) is 3. The predicted octanol–water partition coefficient (Wildman–Crippen LogP) is 2.46. The van der Waals surface area contributed by atoms with Crippen molar-refractivity contribution in [1.82, 2.24) is 15.5 Å². The number of primary amides is 1. The van der Waals surface area contributed by atoms with Gasteiger partial charge in [0.25, 0.3) is 0 Å². The molecule has 2 aromatic carbocycles. The molecule has 1 fully saturated rings. The van der Waals surface area contributed by atoms with Crippen molar-refractivity contribution in [3.05, 3.63) is 71.8 Å². The lowest BCUT2D eigenvalue weighted by atomic mass is 9.88. The maximum Gasteiger partial charge on any atom is 0.314 e. The number of nitrogens with zero attached hydrogens (tertiary/aromatic N) is 1. The summed E-state index contributed by atoms with van der Waals surface area (Å²) in [5.41, 5.74) is 8.11. The van der Waals surface area contributed by atoms with E-state index < -0.39 is 6.03 Å². The second kappa shape index (κ2) is 10.6. The number of nitrogens with two attached hydrogens (primary N) is 1. The van der Waals surface area contributed by atoms with E-state index in [-0.39, 0.29) is 17.9 Å². The molecular formula is C23H30N4O2. The number of benzene rings is 2. The highest BCUT2D eigenvalue weighted by atomic mass is 16.2. The number of urea groups is 1. The van der Waals surface area contributed by atoms with Gasteiger partial charge in [0.15, 0.2) is 0 Å². The quantitative estimate of drug-likeness (QED) is 0.610. The average Bonchev–Trinajstić information content (AvgIpc) is 2.75. The van der Waals surface area contributed by atoms with Crippen LogP contribution in [0.5, 0.6) is 0 Å². The Bertz CT molecular complexity index is 732. The summed E-state index contributed by atoms with van der Waals surface area (Å²) in [7, 11) is 0. The van der Waals surface area contributed by atoms with E-state index in [9.17, 15) is 9.59 Å². The van der Waals surface area contributed by atoms with Crippen LogP contribution >= 0.6 is 0 Å². The standard InChI is InChI=1S/C23H30N4O2/c24-23(29)27(16-14-25-20-11-12-22(28)26-17-20)15-13-21(18-7-3-1-4-8-18)19-9-5-2-6-10-19/h1-10,20-21,25H,11-17H2,(H2,24,29)(H,26,28). The molecular weight excluding hydrogens is 364 g/mol. The number of carbonyl (C=O) groups excluding carboxylic acids is 2. The Morgan fingerprint density at radius 1 is 1.07 bits per heavy atom. The Labute approximate surface area is 172 Å². The second-order valence-electron chi connectivity index (χ2n) is 7.48. The van der Waals surface area contributed by atoms with E-state index in [2.05, 4.69) is 34.9 Å². The van der Waals surface area contributed by atoms with Crippen molar-refractivity contribution in [1.29, 1.82) is 0 Å². The first-order valence-electron chi connectivity index (χ1n) is 10.3. The highest BCUT2D eigenvalue weighted by Gasteiger charge is 2.19. The van der Waals surface area contributed by atoms with Crippen LogP contribution in [0.25, 0.3) is 0 Å². The Kier molecular flexibility index (Phi) is 7.64. The van der Waals surface area contributed by atoms with Crippen LogP contribution in [-0.2, 0) is 4.79 Å². The number of piperidine rings is 1. The Morgan fingerprint density at radius 3 is 2.21 bits per heavy atom. The molecule has 1 saturated heterocycles. The van der Waals surface area contributed by atoms with Gasteiger partial charge >= 0.3 is 6.03 Å². The first-order valence-corrected chi connectivity index (χ1v) is 10.3. The molecule has 0 aliphatic carbocycles. The van der Waals surface area contributed by atoms with Gasteiger partial charge in [-0.15, -0.1) is 0 Å². The van der Waals surface area contributed by atoms with E-state index >= 15 is 0 Å². The zero-order valence-corrected chi connectivity index (χ0v) is 16.7. The normalized spacial score (nSPS) is 16.4. The van der Waals surface area contributed by atoms with Crippen LogP contribution in [0.4, 0.5) is 4.79 Å². The van der Waals surface area contributed by atoms with Crippen molar-refractivity contribution >= 4 is 11.9 Å². The Morgan fingerprint density at radius 2 is 1.69 bits per heavy atom. The van der Waals surface area contributed by atoms with E-state index in [1.807, 2.05) is 36.4 Å². The molecule has 2 aromatic rings. The minimum atomic E-state index is -0.399. The minimum Gasteiger partial charge on any atom is -0.355 e. The monoisotopic (exact) mass is 394 g/mol. The van der Waals surface area contributed by atoms with Gasteiger partial charge in [0.1, 0.15) is 0 Å². The summed E-state index contributed by atoms with van der Waals surface area (Å²) in [5, 5.41) is 6.28. The van der Waals surface area contributed by atoms with Crippen molar-refractivity contribution in [2.24, 2.45) is 5.73 Å². The van der Waals surface area contributed by atoms with Gasteiger partial charge in [-0.1, -0.05) is 60.7 Å². The van der Waals surface area contributed by atoms with Crippen LogP contribution < -0.4 is 16.4 Å².